The SMILES string of the molecule is c1cc2[nH]nc3c2c(n1)N(C1CCOCC1)CCC3. The third-order valence-electron chi connectivity index (χ3n) is 4.25. The molecular weight excluding hydrogens is 240 g/mol. The molecule has 0 unspecified atom stereocenters. The number of rotatable bonds is 1. The Bertz CT molecular complexity index is 588. The van der Waals surface area contributed by atoms with Gasteiger partial charge < -0.3 is 9.64 Å². The summed E-state index contributed by atoms with van der Waals surface area (Å²) in [5.41, 5.74) is 2.28. The number of hydrogen-bond donors (Lipinski definition) is 1. The molecule has 2 aromatic heterocycles. The molecule has 0 aromatic carbocycles. The normalized spacial score (nSPS) is 20.7. The number of nitrogens with one attached hydrogen (secondary N) is 1. The van der Waals surface area contributed by atoms with Crippen LogP contribution in [-0.4, -0.2) is 41.0 Å². The number of aryl methyl sites for hydroxylation is 1. The first-order valence-corrected chi connectivity index (χ1v) is 7.10. The summed E-state index contributed by atoms with van der Waals surface area (Å²) in [5.74, 6) is 1.12. The first-order chi connectivity index (χ1) is 9.43. The quantitative estimate of drug-likeness (QED) is 0.848. The van der Waals surface area contributed by atoms with Gasteiger partial charge in [0.15, 0.2) is 0 Å². The van der Waals surface area contributed by atoms with Crippen LogP contribution in [0.15, 0.2) is 12.3 Å². The average Bonchev–Trinajstić information content (AvgIpc) is 2.78. The first kappa shape index (κ1) is 11.2. The summed E-state index contributed by atoms with van der Waals surface area (Å²) in [7, 11) is 0. The van der Waals surface area contributed by atoms with E-state index in [9.17, 15) is 0 Å². The maximum atomic E-state index is 5.48. The Morgan fingerprint density at radius 1 is 1.32 bits per heavy atom. The molecule has 0 aliphatic carbocycles. The highest BCUT2D eigenvalue weighted by Gasteiger charge is 2.27. The van der Waals surface area contributed by atoms with Crippen LogP contribution in [-0.2, 0) is 11.2 Å². The molecule has 2 aliphatic heterocycles. The minimum Gasteiger partial charge on any atom is -0.381 e. The van der Waals surface area contributed by atoms with Crippen molar-refractivity contribution in [2.45, 2.75) is 31.7 Å². The Kier molecular flexibility index (Phi) is 2.65. The minimum atomic E-state index is 0.563. The van der Waals surface area contributed by atoms with Crippen LogP contribution in [0.25, 0.3) is 10.9 Å². The second-order valence-corrected chi connectivity index (χ2v) is 5.37. The fourth-order valence-corrected chi connectivity index (χ4v) is 3.29. The molecule has 0 bridgehead atoms. The number of aromatic amines is 1. The molecular formula is C14H18N4O. The van der Waals surface area contributed by atoms with Gasteiger partial charge in [0.2, 0.25) is 0 Å². The van der Waals surface area contributed by atoms with Gasteiger partial charge in [0.05, 0.1) is 16.6 Å². The van der Waals surface area contributed by atoms with Crippen molar-refractivity contribution in [1.82, 2.24) is 15.2 Å². The van der Waals surface area contributed by atoms with Crippen LogP contribution in [0.5, 0.6) is 0 Å². The molecule has 5 nitrogen and oxygen atoms in total. The van der Waals surface area contributed by atoms with E-state index in [0.29, 0.717) is 6.04 Å². The molecule has 1 saturated heterocycles. The van der Waals surface area contributed by atoms with Crippen molar-refractivity contribution in [1.29, 1.82) is 0 Å². The summed E-state index contributed by atoms with van der Waals surface area (Å²) in [6, 6.07) is 2.58. The van der Waals surface area contributed by atoms with Crippen LogP contribution in [0.2, 0.25) is 0 Å². The first-order valence-electron chi connectivity index (χ1n) is 7.10. The van der Waals surface area contributed by atoms with Gasteiger partial charge in [-0.25, -0.2) is 4.98 Å². The van der Waals surface area contributed by atoms with Crippen LogP contribution in [0.3, 0.4) is 0 Å². The van der Waals surface area contributed by atoms with Crippen molar-refractivity contribution in [3.63, 3.8) is 0 Å². The number of H-pyrrole nitrogens is 1. The Hall–Kier alpha value is -1.62. The summed E-state index contributed by atoms with van der Waals surface area (Å²) in [5, 5.41) is 8.81. The van der Waals surface area contributed by atoms with Crippen LogP contribution >= 0.6 is 0 Å². The van der Waals surface area contributed by atoms with Gasteiger partial charge in [-0.2, -0.15) is 5.10 Å². The summed E-state index contributed by atoms with van der Waals surface area (Å²) >= 11 is 0. The molecule has 1 N–H and O–H groups in total. The molecule has 0 spiro atoms. The van der Waals surface area contributed by atoms with Crippen molar-refractivity contribution in [3.8, 4) is 0 Å². The summed E-state index contributed by atoms with van der Waals surface area (Å²) in [6.45, 7) is 2.82. The summed E-state index contributed by atoms with van der Waals surface area (Å²) in [6.07, 6.45) is 6.28. The number of hydrogen-bond acceptors (Lipinski definition) is 4. The molecule has 5 heteroatoms. The van der Waals surface area contributed by atoms with E-state index in [1.807, 2.05) is 12.3 Å². The molecule has 4 heterocycles. The maximum absolute atomic E-state index is 5.48. The second-order valence-electron chi connectivity index (χ2n) is 5.37. The van der Waals surface area contributed by atoms with Gasteiger partial charge in [0.1, 0.15) is 5.82 Å². The van der Waals surface area contributed by atoms with Gasteiger partial charge >= 0.3 is 0 Å². The molecule has 0 atom stereocenters. The fraction of sp³-hybridized carbons (Fsp3) is 0.571. The standard InChI is InChI=1S/C14H18N4O/c1-2-11-13-12(17-16-11)3-6-15-14(13)18(7-1)10-4-8-19-9-5-10/h3,6,10H,1-2,4-5,7-9H2,(H,16,17). The van der Waals surface area contributed by atoms with E-state index < -0.39 is 0 Å². The minimum absolute atomic E-state index is 0.563. The zero-order chi connectivity index (χ0) is 12.7. The van der Waals surface area contributed by atoms with Gasteiger partial charge in [-0.05, 0) is 31.7 Å². The van der Waals surface area contributed by atoms with Gasteiger partial charge in [-0.15, -0.1) is 0 Å². The van der Waals surface area contributed by atoms with Crippen LogP contribution in [0.1, 0.15) is 25.0 Å². The van der Waals surface area contributed by atoms with E-state index in [2.05, 4.69) is 20.1 Å². The predicted octanol–water partition coefficient (Wildman–Crippen LogP) is 1.89. The van der Waals surface area contributed by atoms with E-state index in [-0.39, 0.29) is 0 Å². The Balaban J connectivity index is 1.81. The Morgan fingerprint density at radius 3 is 3.11 bits per heavy atom. The Labute approximate surface area is 112 Å². The number of aromatic nitrogens is 3. The van der Waals surface area contributed by atoms with Crippen LogP contribution in [0, 0.1) is 0 Å². The van der Waals surface area contributed by atoms with Gasteiger partial charge in [-0.3, -0.25) is 5.10 Å². The molecule has 0 radical (unpaired) electrons. The topological polar surface area (TPSA) is 54.0 Å². The Morgan fingerprint density at radius 2 is 2.21 bits per heavy atom. The predicted molar refractivity (Wildman–Crippen MR) is 73.4 cm³/mol. The zero-order valence-electron chi connectivity index (χ0n) is 10.9. The van der Waals surface area contributed by atoms with Crippen molar-refractivity contribution in [2.24, 2.45) is 0 Å². The molecule has 4 rings (SSSR count). The lowest BCUT2D eigenvalue weighted by Gasteiger charge is -2.34. The zero-order valence-corrected chi connectivity index (χ0v) is 10.9. The van der Waals surface area contributed by atoms with Crippen molar-refractivity contribution in [3.05, 3.63) is 18.0 Å². The highest BCUT2D eigenvalue weighted by atomic mass is 16.5. The molecule has 19 heavy (non-hydrogen) atoms. The van der Waals surface area contributed by atoms with E-state index >= 15 is 0 Å². The fourth-order valence-electron chi connectivity index (χ4n) is 3.29. The van der Waals surface area contributed by atoms with Crippen LogP contribution in [0.4, 0.5) is 5.82 Å². The van der Waals surface area contributed by atoms with E-state index in [1.54, 1.807) is 0 Å². The van der Waals surface area contributed by atoms with Crippen molar-refractivity contribution < 1.29 is 4.74 Å². The molecule has 1 fully saturated rings. The second kappa shape index (κ2) is 4.49. The number of nitrogens with zero attached hydrogens (tertiary/aromatic N) is 3. The summed E-state index contributed by atoms with van der Waals surface area (Å²) < 4.78 is 5.48. The smallest absolute Gasteiger partial charge is 0.140 e. The molecule has 0 saturated carbocycles. The van der Waals surface area contributed by atoms with Gasteiger partial charge in [0.25, 0.3) is 0 Å². The lowest BCUT2D eigenvalue weighted by molar-refractivity contribution is 0.0843. The molecule has 100 valence electrons. The van der Waals surface area contributed by atoms with Gasteiger partial charge in [-0.1, -0.05) is 0 Å². The molecule has 2 aromatic rings. The number of ether oxygens (including phenoxy) is 1. The third kappa shape index (κ3) is 1.80. The molecule has 2 aliphatic rings. The van der Waals surface area contributed by atoms with E-state index in [4.69, 9.17) is 4.74 Å². The third-order valence-corrected chi connectivity index (χ3v) is 4.25. The van der Waals surface area contributed by atoms with Gasteiger partial charge in [0, 0.05) is 32.0 Å². The maximum Gasteiger partial charge on any atom is 0.140 e. The van der Waals surface area contributed by atoms with Crippen LogP contribution < -0.4 is 4.90 Å². The lowest BCUT2D eigenvalue weighted by atomic mass is 10.1. The van der Waals surface area contributed by atoms with E-state index in [1.165, 1.54) is 11.1 Å². The highest BCUT2D eigenvalue weighted by molar-refractivity contribution is 5.92. The summed E-state index contributed by atoms with van der Waals surface area (Å²) in [4.78, 5) is 7.13. The number of anilines is 1. The van der Waals surface area contributed by atoms with Crippen molar-refractivity contribution in [2.75, 3.05) is 24.7 Å². The monoisotopic (exact) mass is 258 g/mol. The molecule has 0 amide bonds. The highest BCUT2D eigenvalue weighted by Crippen LogP contribution is 2.32. The largest absolute Gasteiger partial charge is 0.381 e. The van der Waals surface area contributed by atoms with Crippen molar-refractivity contribution >= 4 is 16.7 Å². The lowest BCUT2D eigenvalue weighted by Crippen LogP contribution is -2.40. The van der Waals surface area contributed by atoms with E-state index in [0.717, 1.165) is 56.8 Å². The number of pyridine rings is 1. The average molecular weight is 258 g/mol.